The number of nitrogens with one attached hydrogen (secondary N) is 1. The molecule has 0 aliphatic rings. The van der Waals surface area contributed by atoms with Crippen LogP contribution in [0.5, 0.6) is 0 Å². The Labute approximate surface area is 138 Å². The van der Waals surface area contributed by atoms with Gasteiger partial charge in [0, 0.05) is 12.6 Å². The van der Waals surface area contributed by atoms with Gasteiger partial charge in [0.2, 0.25) is 0 Å². The highest BCUT2D eigenvalue weighted by molar-refractivity contribution is 6.33. The number of furan rings is 1. The molecule has 3 aromatic rings. The van der Waals surface area contributed by atoms with Gasteiger partial charge in [-0.1, -0.05) is 29.8 Å². The first-order chi connectivity index (χ1) is 11.1. The number of carbonyl (C=O) groups is 1. The molecule has 1 N–H and O–H groups in total. The predicted octanol–water partition coefficient (Wildman–Crippen LogP) is 4.16. The van der Waals surface area contributed by atoms with E-state index in [-0.39, 0.29) is 11.9 Å². The maximum Gasteiger partial charge on any atom is 0.272 e. The molecule has 2 heterocycles. The van der Waals surface area contributed by atoms with E-state index in [1.165, 1.54) is 0 Å². The molecule has 6 heteroatoms. The first-order valence-electron chi connectivity index (χ1n) is 7.19. The number of aromatic nitrogens is 2. The third-order valence-electron chi connectivity index (χ3n) is 3.81. The number of hydrogen-bond donors (Lipinski definition) is 1. The molecule has 0 aliphatic heterocycles. The minimum Gasteiger partial charge on any atom is -0.467 e. The zero-order valence-electron chi connectivity index (χ0n) is 12.8. The molecule has 1 amide bonds. The van der Waals surface area contributed by atoms with Gasteiger partial charge in [0.1, 0.15) is 11.5 Å². The van der Waals surface area contributed by atoms with Crippen LogP contribution in [0, 0.1) is 0 Å². The number of halogens is 1. The van der Waals surface area contributed by atoms with Crippen molar-refractivity contribution < 1.29 is 9.21 Å². The van der Waals surface area contributed by atoms with Crippen molar-refractivity contribution in [3.05, 3.63) is 65.2 Å². The summed E-state index contributed by atoms with van der Waals surface area (Å²) in [5.74, 6) is 0.561. The second-order valence-corrected chi connectivity index (χ2v) is 5.66. The van der Waals surface area contributed by atoms with E-state index in [9.17, 15) is 4.79 Å². The van der Waals surface area contributed by atoms with Crippen molar-refractivity contribution in [3.63, 3.8) is 0 Å². The van der Waals surface area contributed by atoms with Crippen LogP contribution in [-0.2, 0) is 0 Å². The summed E-state index contributed by atoms with van der Waals surface area (Å²) in [4.78, 5) is 14.2. The lowest BCUT2D eigenvalue weighted by Gasteiger charge is -2.22. The minimum absolute atomic E-state index is 0.167. The number of benzene rings is 1. The van der Waals surface area contributed by atoms with Crippen LogP contribution < -0.4 is 0 Å². The quantitative estimate of drug-likeness (QED) is 0.782. The van der Waals surface area contributed by atoms with Crippen molar-refractivity contribution in [2.24, 2.45) is 0 Å². The zero-order valence-corrected chi connectivity index (χ0v) is 13.5. The molecule has 118 valence electrons. The summed E-state index contributed by atoms with van der Waals surface area (Å²) < 4.78 is 5.36. The van der Waals surface area contributed by atoms with E-state index in [4.69, 9.17) is 16.0 Å². The van der Waals surface area contributed by atoms with Crippen LogP contribution in [0.25, 0.3) is 11.3 Å². The molecular weight excluding hydrogens is 314 g/mol. The molecule has 1 unspecified atom stereocenters. The van der Waals surface area contributed by atoms with Gasteiger partial charge in [0.05, 0.1) is 23.0 Å². The van der Waals surface area contributed by atoms with Crippen molar-refractivity contribution in [2.75, 3.05) is 7.05 Å². The minimum atomic E-state index is -0.176. The number of H-pyrrole nitrogens is 1. The van der Waals surface area contributed by atoms with Crippen LogP contribution in [-0.4, -0.2) is 28.1 Å². The fourth-order valence-electron chi connectivity index (χ4n) is 2.32. The van der Waals surface area contributed by atoms with Crippen molar-refractivity contribution in [1.29, 1.82) is 0 Å². The van der Waals surface area contributed by atoms with Crippen LogP contribution in [0.1, 0.15) is 29.2 Å². The lowest BCUT2D eigenvalue weighted by molar-refractivity contribution is 0.0720. The second-order valence-electron chi connectivity index (χ2n) is 5.25. The standard InChI is InChI=1S/C17H16ClN3O2/c1-11(16-8-5-9-23-16)21(2)17(22)15-10-14(19-20-15)12-6-3-4-7-13(12)18/h3-11H,1-2H3,(H,19,20). The molecule has 1 atom stereocenters. The average molecular weight is 330 g/mol. The van der Waals surface area contributed by atoms with E-state index in [2.05, 4.69) is 10.2 Å². The van der Waals surface area contributed by atoms with Gasteiger partial charge in [-0.15, -0.1) is 0 Å². The lowest BCUT2D eigenvalue weighted by atomic mass is 10.1. The van der Waals surface area contributed by atoms with Crippen LogP contribution in [0.3, 0.4) is 0 Å². The van der Waals surface area contributed by atoms with Gasteiger partial charge >= 0.3 is 0 Å². The van der Waals surface area contributed by atoms with E-state index in [1.807, 2.05) is 31.2 Å². The molecule has 0 radical (unpaired) electrons. The van der Waals surface area contributed by atoms with Crippen LogP contribution in [0.2, 0.25) is 5.02 Å². The number of nitrogens with zero attached hydrogens (tertiary/aromatic N) is 2. The summed E-state index contributed by atoms with van der Waals surface area (Å²) in [7, 11) is 1.73. The molecule has 0 aliphatic carbocycles. The predicted molar refractivity (Wildman–Crippen MR) is 88.3 cm³/mol. The summed E-state index contributed by atoms with van der Waals surface area (Å²) in [6, 6.07) is 12.6. The van der Waals surface area contributed by atoms with Crippen molar-refractivity contribution >= 4 is 17.5 Å². The summed E-state index contributed by atoms with van der Waals surface area (Å²) >= 11 is 6.17. The molecule has 3 rings (SSSR count). The summed E-state index contributed by atoms with van der Waals surface area (Å²) in [5.41, 5.74) is 1.82. The first-order valence-corrected chi connectivity index (χ1v) is 7.56. The van der Waals surface area contributed by atoms with Crippen molar-refractivity contribution in [2.45, 2.75) is 13.0 Å². The molecule has 0 fully saturated rings. The van der Waals surface area contributed by atoms with E-state index < -0.39 is 0 Å². The van der Waals surface area contributed by atoms with Crippen LogP contribution in [0.15, 0.2) is 53.1 Å². The molecule has 2 aromatic heterocycles. The highest BCUT2D eigenvalue weighted by atomic mass is 35.5. The second kappa shape index (κ2) is 6.30. The van der Waals surface area contributed by atoms with Crippen molar-refractivity contribution in [3.8, 4) is 11.3 Å². The molecule has 23 heavy (non-hydrogen) atoms. The number of rotatable bonds is 4. The normalized spacial score (nSPS) is 12.1. The Hall–Kier alpha value is -2.53. The van der Waals surface area contributed by atoms with Gasteiger partial charge in [0.25, 0.3) is 5.91 Å². The molecule has 0 spiro atoms. The van der Waals surface area contributed by atoms with Crippen LogP contribution in [0.4, 0.5) is 0 Å². The van der Waals surface area contributed by atoms with E-state index >= 15 is 0 Å². The first kappa shape index (κ1) is 15.4. The average Bonchev–Trinajstić information content (AvgIpc) is 3.24. The van der Waals surface area contributed by atoms with Gasteiger partial charge in [-0.2, -0.15) is 5.10 Å². The van der Waals surface area contributed by atoms with Gasteiger partial charge in [0.15, 0.2) is 0 Å². The molecule has 0 bridgehead atoms. The Morgan fingerprint density at radius 1 is 1.30 bits per heavy atom. The third-order valence-corrected chi connectivity index (χ3v) is 4.14. The molecule has 0 saturated heterocycles. The monoisotopic (exact) mass is 329 g/mol. The van der Waals surface area contributed by atoms with E-state index in [0.717, 1.165) is 11.3 Å². The van der Waals surface area contributed by atoms with Gasteiger partial charge in [-0.3, -0.25) is 9.89 Å². The van der Waals surface area contributed by atoms with Crippen LogP contribution >= 0.6 is 11.6 Å². The van der Waals surface area contributed by atoms with Gasteiger partial charge in [-0.25, -0.2) is 0 Å². The number of hydrogen-bond acceptors (Lipinski definition) is 3. The molecule has 1 aromatic carbocycles. The highest BCUT2D eigenvalue weighted by Gasteiger charge is 2.22. The lowest BCUT2D eigenvalue weighted by Crippen LogP contribution is -2.29. The largest absolute Gasteiger partial charge is 0.467 e. The van der Waals surface area contributed by atoms with E-state index in [0.29, 0.717) is 16.4 Å². The zero-order chi connectivity index (χ0) is 16.4. The summed E-state index contributed by atoms with van der Waals surface area (Å²) in [5, 5.41) is 7.57. The highest BCUT2D eigenvalue weighted by Crippen LogP contribution is 2.27. The topological polar surface area (TPSA) is 62.1 Å². The SMILES string of the molecule is CC(c1ccco1)N(C)C(=O)c1cc(-c2ccccc2Cl)n[nH]1. The van der Waals surface area contributed by atoms with Crippen molar-refractivity contribution in [1.82, 2.24) is 15.1 Å². The summed E-state index contributed by atoms with van der Waals surface area (Å²) in [6.45, 7) is 1.90. The fourth-order valence-corrected chi connectivity index (χ4v) is 2.56. The molecular formula is C17H16ClN3O2. The Bertz CT molecular complexity index is 811. The van der Waals surface area contributed by atoms with Gasteiger partial charge in [-0.05, 0) is 31.2 Å². The Morgan fingerprint density at radius 3 is 2.78 bits per heavy atom. The maximum atomic E-state index is 12.6. The number of aromatic amines is 1. The fraction of sp³-hybridized carbons (Fsp3) is 0.176. The Balaban J connectivity index is 1.83. The molecule has 0 saturated carbocycles. The smallest absolute Gasteiger partial charge is 0.272 e. The number of carbonyl (C=O) groups excluding carboxylic acids is 1. The third kappa shape index (κ3) is 3.00. The Kier molecular flexibility index (Phi) is 4.21. The molecule has 5 nitrogen and oxygen atoms in total. The van der Waals surface area contributed by atoms with E-state index in [1.54, 1.807) is 36.4 Å². The summed E-state index contributed by atoms with van der Waals surface area (Å²) in [6.07, 6.45) is 1.59. The Morgan fingerprint density at radius 2 is 2.09 bits per heavy atom. The van der Waals surface area contributed by atoms with Gasteiger partial charge < -0.3 is 9.32 Å². The number of amides is 1. The maximum absolute atomic E-state index is 12.6.